The molecule has 0 aliphatic carbocycles. The van der Waals surface area contributed by atoms with Crippen LogP contribution in [0.3, 0.4) is 0 Å². The highest BCUT2D eigenvalue weighted by Crippen LogP contribution is 2.16. The predicted octanol–water partition coefficient (Wildman–Crippen LogP) is 3.31. The van der Waals surface area contributed by atoms with Crippen molar-refractivity contribution in [3.05, 3.63) is 71.4 Å². The van der Waals surface area contributed by atoms with Crippen molar-refractivity contribution < 1.29 is 19.1 Å². The average molecular weight is 392 g/mol. The lowest BCUT2D eigenvalue weighted by atomic mass is 10.2. The number of nitrogens with zero attached hydrogens (tertiary/aromatic N) is 2. The highest BCUT2D eigenvalue weighted by Gasteiger charge is 2.12. The maximum absolute atomic E-state index is 12.4. The molecular weight excluding hydrogens is 372 g/mol. The number of amides is 2. The minimum absolute atomic E-state index is 0.0934. The van der Waals surface area contributed by atoms with Crippen LogP contribution in [0.25, 0.3) is 0 Å². The Morgan fingerprint density at radius 1 is 0.759 bits per heavy atom. The fourth-order valence-corrected chi connectivity index (χ4v) is 2.54. The van der Waals surface area contributed by atoms with Crippen molar-refractivity contribution in [1.29, 1.82) is 0 Å². The molecule has 1 heterocycles. The van der Waals surface area contributed by atoms with E-state index in [1.165, 1.54) is 0 Å². The van der Waals surface area contributed by atoms with Crippen LogP contribution in [0.15, 0.2) is 54.6 Å². The minimum atomic E-state index is -0.370. The smallest absolute Gasteiger partial charge is 0.258 e. The molecule has 1 aromatic heterocycles. The van der Waals surface area contributed by atoms with E-state index in [9.17, 15) is 9.59 Å². The summed E-state index contributed by atoms with van der Waals surface area (Å²) in [6.45, 7) is 1.74. The van der Waals surface area contributed by atoms with E-state index in [4.69, 9.17) is 9.47 Å². The van der Waals surface area contributed by atoms with Gasteiger partial charge in [-0.2, -0.15) is 4.98 Å². The maximum Gasteiger partial charge on any atom is 0.258 e. The second-order valence-corrected chi connectivity index (χ2v) is 6.08. The number of anilines is 2. The minimum Gasteiger partial charge on any atom is -0.497 e. The Morgan fingerprint density at radius 3 is 1.72 bits per heavy atom. The third-order valence-electron chi connectivity index (χ3n) is 4.03. The number of nitrogens with one attached hydrogen (secondary N) is 2. The van der Waals surface area contributed by atoms with Gasteiger partial charge in [0.05, 0.1) is 14.2 Å². The molecule has 3 rings (SSSR count). The van der Waals surface area contributed by atoms with Crippen molar-refractivity contribution in [3.8, 4) is 11.5 Å². The van der Waals surface area contributed by atoms with Crippen LogP contribution in [0, 0.1) is 6.92 Å². The fraction of sp³-hybridized carbons (Fsp3) is 0.143. The molecule has 2 aromatic carbocycles. The van der Waals surface area contributed by atoms with Gasteiger partial charge >= 0.3 is 0 Å². The summed E-state index contributed by atoms with van der Waals surface area (Å²) in [7, 11) is 3.11. The Balaban J connectivity index is 1.72. The van der Waals surface area contributed by atoms with Crippen LogP contribution in [0.5, 0.6) is 11.5 Å². The molecule has 0 spiro atoms. The van der Waals surface area contributed by atoms with Gasteiger partial charge in [-0.3, -0.25) is 14.9 Å². The number of rotatable bonds is 6. The summed E-state index contributed by atoms with van der Waals surface area (Å²) in [4.78, 5) is 33.2. The van der Waals surface area contributed by atoms with E-state index < -0.39 is 0 Å². The predicted molar refractivity (Wildman–Crippen MR) is 109 cm³/mol. The standard InChI is InChI=1S/C21H20N4O4/c1-13-12-18(23-19(26)14-4-8-16(28-2)9-5-14)24-21(22-13)25-20(27)15-6-10-17(29-3)11-7-15/h4-12H,1-3H3,(H2,22,23,24,25,26,27). The van der Waals surface area contributed by atoms with E-state index in [0.717, 1.165) is 0 Å². The molecule has 0 aliphatic heterocycles. The molecular formula is C21H20N4O4. The lowest BCUT2D eigenvalue weighted by Crippen LogP contribution is -2.17. The first-order chi connectivity index (χ1) is 14.0. The highest BCUT2D eigenvalue weighted by atomic mass is 16.5. The normalized spacial score (nSPS) is 10.2. The maximum atomic E-state index is 12.4. The van der Waals surface area contributed by atoms with Crippen LogP contribution in [0.1, 0.15) is 26.4 Å². The Morgan fingerprint density at radius 2 is 1.24 bits per heavy atom. The number of hydrogen-bond donors (Lipinski definition) is 2. The van der Waals surface area contributed by atoms with Gasteiger partial charge in [0, 0.05) is 22.9 Å². The van der Waals surface area contributed by atoms with E-state index in [1.807, 2.05) is 0 Å². The van der Waals surface area contributed by atoms with Crippen molar-refractivity contribution in [1.82, 2.24) is 9.97 Å². The Hall–Kier alpha value is -3.94. The monoisotopic (exact) mass is 392 g/mol. The molecule has 148 valence electrons. The van der Waals surface area contributed by atoms with Crippen LogP contribution >= 0.6 is 0 Å². The number of hydrogen-bond acceptors (Lipinski definition) is 6. The van der Waals surface area contributed by atoms with E-state index in [0.29, 0.717) is 28.3 Å². The summed E-state index contributed by atoms with van der Waals surface area (Å²) < 4.78 is 10.2. The van der Waals surface area contributed by atoms with Crippen LogP contribution in [0.4, 0.5) is 11.8 Å². The van der Waals surface area contributed by atoms with Gasteiger partial charge in [-0.1, -0.05) is 0 Å². The largest absolute Gasteiger partial charge is 0.497 e. The van der Waals surface area contributed by atoms with Gasteiger partial charge in [-0.15, -0.1) is 0 Å². The van der Waals surface area contributed by atoms with Gasteiger partial charge in [-0.25, -0.2) is 4.98 Å². The number of benzene rings is 2. The molecule has 0 saturated heterocycles. The molecule has 0 bridgehead atoms. The van der Waals surface area contributed by atoms with Gasteiger partial charge in [-0.05, 0) is 55.5 Å². The molecule has 0 fully saturated rings. The summed E-state index contributed by atoms with van der Waals surface area (Å²) in [6, 6.07) is 14.9. The summed E-state index contributed by atoms with van der Waals surface area (Å²) in [5.41, 5.74) is 1.47. The van der Waals surface area contributed by atoms with Crippen LogP contribution < -0.4 is 20.1 Å². The highest BCUT2D eigenvalue weighted by molar-refractivity contribution is 6.05. The molecule has 0 aliphatic rings. The third kappa shape index (κ3) is 5.07. The average Bonchev–Trinajstić information content (AvgIpc) is 2.73. The molecule has 0 unspecified atom stereocenters. The van der Waals surface area contributed by atoms with Crippen molar-refractivity contribution in [3.63, 3.8) is 0 Å². The molecule has 8 nitrogen and oxygen atoms in total. The molecule has 0 saturated carbocycles. The first-order valence-electron chi connectivity index (χ1n) is 8.75. The number of carbonyl (C=O) groups is 2. The molecule has 29 heavy (non-hydrogen) atoms. The van der Waals surface area contributed by atoms with Gasteiger partial charge in [0.25, 0.3) is 11.8 Å². The first-order valence-corrected chi connectivity index (χ1v) is 8.75. The van der Waals surface area contributed by atoms with Gasteiger partial charge in [0.1, 0.15) is 17.3 Å². The van der Waals surface area contributed by atoms with Crippen molar-refractivity contribution >= 4 is 23.6 Å². The van der Waals surface area contributed by atoms with Gasteiger partial charge in [0.15, 0.2) is 0 Å². The van der Waals surface area contributed by atoms with E-state index >= 15 is 0 Å². The van der Waals surface area contributed by atoms with E-state index in [2.05, 4.69) is 20.6 Å². The zero-order valence-electron chi connectivity index (χ0n) is 16.2. The molecule has 8 heteroatoms. The number of carbonyl (C=O) groups excluding carboxylic acids is 2. The van der Waals surface area contributed by atoms with E-state index in [-0.39, 0.29) is 23.6 Å². The first kappa shape index (κ1) is 19.8. The Bertz CT molecular complexity index is 938. The second kappa shape index (κ2) is 8.83. The molecule has 0 radical (unpaired) electrons. The summed E-state index contributed by atoms with van der Waals surface area (Å²) in [5, 5.41) is 5.34. The van der Waals surface area contributed by atoms with Crippen molar-refractivity contribution in [2.45, 2.75) is 6.92 Å². The number of methoxy groups -OCH3 is 2. The van der Waals surface area contributed by atoms with Crippen molar-refractivity contribution in [2.75, 3.05) is 24.9 Å². The van der Waals surface area contributed by atoms with Crippen LogP contribution in [0.2, 0.25) is 0 Å². The number of ether oxygens (including phenoxy) is 2. The SMILES string of the molecule is COc1ccc(C(=O)Nc2cc(C)nc(NC(=O)c3ccc(OC)cc3)n2)cc1. The number of aromatic nitrogens is 2. The summed E-state index contributed by atoms with van der Waals surface area (Å²) in [6.07, 6.45) is 0. The van der Waals surface area contributed by atoms with Gasteiger partial charge < -0.3 is 14.8 Å². The fourth-order valence-electron chi connectivity index (χ4n) is 2.54. The number of aryl methyl sites for hydroxylation is 1. The third-order valence-corrected chi connectivity index (χ3v) is 4.03. The molecule has 2 N–H and O–H groups in total. The van der Waals surface area contributed by atoms with Gasteiger partial charge in [0.2, 0.25) is 5.95 Å². The molecule has 2 amide bonds. The zero-order valence-corrected chi connectivity index (χ0v) is 16.2. The summed E-state index contributed by atoms with van der Waals surface area (Å²) >= 11 is 0. The second-order valence-electron chi connectivity index (χ2n) is 6.08. The quantitative estimate of drug-likeness (QED) is 0.667. The lowest BCUT2D eigenvalue weighted by Gasteiger charge is -2.09. The molecule has 0 atom stereocenters. The van der Waals surface area contributed by atoms with Crippen LogP contribution in [-0.4, -0.2) is 36.0 Å². The topological polar surface area (TPSA) is 102 Å². The van der Waals surface area contributed by atoms with Crippen LogP contribution in [-0.2, 0) is 0 Å². The lowest BCUT2D eigenvalue weighted by molar-refractivity contribution is 0.101. The molecule has 3 aromatic rings. The summed E-state index contributed by atoms with van der Waals surface area (Å²) in [5.74, 6) is 0.975. The zero-order chi connectivity index (χ0) is 20.8. The Kier molecular flexibility index (Phi) is 6.03. The van der Waals surface area contributed by atoms with Crippen molar-refractivity contribution in [2.24, 2.45) is 0 Å². The Labute approximate surface area is 167 Å². The van der Waals surface area contributed by atoms with E-state index in [1.54, 1.807) is 75.7 Å².